The highest BCUT2D eigenvalue weighted by Gasteiger charge is 2.22. The van der Waals surface area contributed by atoms with Crippen molar-refractivity contribution in [3.63, 3.8) is 0 Å². The average Bonchev–Trinajstić information content (AvgIpc) is 2.34. The van der Waals surface area contributed by atoms with Crippen LogP contribution in [0.25, 0.3) is 0 Å². The number of hydrogen-bond donors (Lipinski definition) is 1. The summed E-state index contributed by atoms with van der Waals surface area (Å²) in [6, 6.07) is 2.88. The molecule has 0 aromatic heterocycles. The van der Waals surface area contributed by atoms with E-state index in [0.717, 1.165) is 31.6 Å². The molecule has 1 aromatic rings. The second-order valence-corrected chi connectivity index (χ2v) is 4.90. The molecule has 0 saturated carbocycles. The van der Waals surface area contributed by atoms with Crippen molar-refractivity contribution in [1.82, 2.24) is 0 Å². The van der Waals surface area contributed by atoms with Crippen LogP contribution < -0.4 is 10.6 Å². The quantitative estimate of drug-likeness (QED) is 0.860. The molecular formula is C13H18ClFN2O. The Kier molecular flexibility index (Phi) is 4.30. The first-order chi connectivity index (χ1) is 8.61. The van der Waals surface area contributed by atoms with Gasteiger partial charge in [0.05, 0.1) is 22.5 Å². The van der Waals surface area contributed by atoms with Crippen LogP contribution in [-0.4, -0.2) is 25.8 Å². The van der Waals surface area contributed by atoms with Gasteiger partial charge < -0.3 is 15.4 Å². The number of ether oxygens (including phenoxy) is 1. The summed E-state index contributed by atoms with van der Waals surface area (Å²) >= 11 is 5.81. The van der Waals surface area contributed by atoms with E-state index in [0.29, 0.717) is 12.3 Å². The van der Waals surface area contributed by atoms with Gasteiger partial charge in [-0.25, -0.2) is 4.39 Å². The van der Waals surface area contributed by atoms with E-state index in [1.807, 2.05) is 6.92 Å². The van der Waals surface area contributed by atoms with Crippen LogP contribution in [0.5, 0.6) is 0 Å². The number of rotatable bonds is 3. The fourth-order valence-electron chi connectivity index (χ4n) is 2.35. The normalized spacial score (nSPS) is 20.2. The molecule has 0 aliphatic carbocycles. The van der Waals surface area contributed by atoms with Crippen LogP contribution in [0.3, 0.4) is 0 Å². The van der Waals surface area contributed by atoms with Crippen molar-refractivity contribution in [2.24, 2.45) is 0 Å². The molecule has 1 aromatic carbocycles. The Balaban J connectivity index is 2.18. The van der Waals surface area contributed by atoms with Crippen LogP contribution in [0, 0.1) is 5.82 Å². The number of nitrogens with zero attached hydrogens (tertiary/aromatic N) is 1. The van der Waals surface area contributed by atoms with Crippen molar-refractivity contribution >= 4 is 23.0 Å². The molecule has 1 atom stereocenters. The Hall–Kier alpha value is -1.00. The fraction of sp³-hybridized carbons (Fsp3) is 0.538. The summed E-state index contributed by atoms with van der Waals surface area (Å²) in [5, 5.41) is 0.109. The number of nitrogens with two attached hydrogens (primary N) is 1. The maximum Gasteiger partial charge on any atom is 0.143 e. The fourth-order valence-corrected chi connectivity index (χ4v) is 2.51. The minimum Gasteiger partial charge on any atom is -0.397 e. The molecule has 1 aliphatic heterocycles. The molecule has 1 unspecified atom stereocenters. The summed E-state index contributed by atoms with van der Waals surface area (Å²) in [6.45, 7) is 4.37. The summed E-state index contributed by atoms with van der Waals surface area (Å²) in [4.78, 5) is 2.12. The minimum absolute atomic E-state index is 0.109. The molecule has 2 rings (SSSR count). The lowest BCUT2D eigenvalue weighted by molar-refractivity contribution is 0.0527. The first-order valence-corrected chi connectivity index (χ1v) is 6.60. The zero-order valence-corrected chi connectivity index (χ0v) is 11.2. The van der Waals surface area contributed by atoms with Crippen molar-refractivity contribution in [3.8, 4) is 0 Å². The van der Waals surface area contributed by atoms with E-state index in [1.54, 1.807) is 6.07 Å². The van der Waals surface area contributed by atoms with Crippen LogP contribution in [0.4, 0.5) is 15.8 Å². The predicted molar refractivity (Wildman–Crippen MR) is 72.7 cm³/mol. The molecular weight excluding hydrogens is 255 g/mol. The van der Waals surface area contributed by atoms with Gasteiger partial charge in [0.25, 0.3) is 0 Å². The average molecular weight is 273 g/mol. The highest BCUT2D eigenvalue weighted by Crippen LogP contribution is 2.31. The van der Waals surface area contributed by atoms with E-state index < -0.39 is 5.82 Å². The minimum atomic E-state index is -0.476. The zero-order chi connectivity index (χ0) is 13.1. The Morgan fingerprint density at radius 1 is 1.56 bits per heavy atom. The molecule has 2 N–H and O–H groups in total. The second kappa shape index (κ2) is 5.76. The monoisotopic (exact) mass is 272 g/mol. The van der Waals surface area contributed by atoms with E-state index in [2.05, 4.69) is 4.90 Å². The predicted octanol–water partition coefficient (Wildman–Crippen LogP) is 3.07. The first kappa shape index (κ1) is 13.4. The van der Waals surface area contributed by atoms with Gasteiger partial charge in [0.15, 0.2) is 0 Å². The van der Waals surface area contributed by atoms with Crippen LogP contribution in [-0.2, 0) is 4.74 Å². The number of piperidine rings is 1. The maximum atomic E-state index is 13.3. The molecule has 1 heterocycles. The van der Waals surface area contributed by atoms with Gasteiger partial charge in [-0.2, -0.15) is 0 Å². The van der Waals surface area contributed by atoms with Gasteiger partial charge in [0.1, 0.15) is 5.82 Å². The third-order valence-corrected chi connectivity index (χ3v) is 3.48. The Bertz CT molecular complexity index is 426. The zero-order valence-electron chi connectivity index (χ0n) is 10.5. The van der Waals surface area contributed by atoms with Gasteiger partial charge in [-0.1, -0.05) is 11.6 Å². The third kappa shape index (κ3) is 2.87. The summed E-state index contributed by atoms with van der Waals surface area (Å²) in [7, 11) is 0. The Labute approximate surface area is 112 Å². The third-order valence-electron chi connectivity index (χ3n) is 3.19. The molecule has 1 fully saturated rings. The number of anilines is 2. The number of hydrogen-bond acceptors (Lipinski definition) is 3. The SMILES string of the molecule is CCOC1CCCN(c2cc(Cl)c(F)cc2N)C1. The number of benzene rings is 1. The molecule has 18 heavy (non-hydrogen) atoms. The van der Waals surface area contributed by atoms with E-state index in [-0.39, 0.29) is 11.1 Å². The molecule has 5 heteroatoms. The maximum absolute atomic E-state index is 13.3. The van der Waals surface area contributed by atoms with Gasteiger partial charge in [0.2, 0.25) is 0 Å². The molecule has 3 nitrogen and oxygen atoms in total. The Morgan fingerprint density at radius 2 is 2.33 bits per heavy atom. The summed E-state index contributed by atoms with van der Waals surface area (Å²) in [6.07, 6.45) is 2.31. The van der Waals surface area contributed by atoms with Gasteiger partial charge in [-0.3, -0.25) is 0 Å². The molecule has 0 bridgehead atoms. The number of halogens is 2. The van der Waals surface area contributed by atoms with Crippen molar-refractivity contribution in [2.45, 2.75) is 25.9 Å². The van der Waals surface area contributed by atoms with Crippen LogP contribution in [0.15, 0.2) is 12.1 Å². The smallest absolute Gasteiger partial charge is 0.143 e. The van der Waals surface area contributed by atoms with Crippen molar-refractivity contribution in [1.29, 1.82) is 0 Å². The van der Waals surface area contributed by atoms with Crippen LogP contribution in [0.2, 0.25) is 5.02 Å². The standard InChI is InChI=1S/C13H18ClFN2O/c1-2-18-9-4-3-5-17(8-9)13-6-10(14)11(15)7-12(13)16/h6-7,9H,2-5,8,16H2,1H3. The lowest BCUT2D eigenvalue weighted by atomic mass is 10.1. The molecule has 0 amide bonds. The number of nitrogen functional groups attached to an aromatic ring is 1. The van der Waals surface area contributed by atoms with E-state index in [4.69, 9.17) is 22.1 Å². The largest absolute Gasteiger partial charge is 0.397 e. The topological polar surface area (TPSA) is 38.5 Å². The van der Waals surface area contributed by atoms with E-state index >= 15 is 0 Å². The Morgan fingerprint density at radius 3 is 3.06 bits per heavy atom. The van der Waals surface area contributed by atoms with Crippen LogP contribution in [0.1, 0.15) is 19.8 Å². The summed E-state index contributed by atoms with van der Waals surface area (Å²) in [5.74, 6) is -0.476. The van der Waals surface area contributed by atoms with Crippen LogP contribution >= 0.6 is 11.6 Å². The molecule has 1 saturated heterocycles. The summed E-state index contributed by atoms with van der Waals surface area (Å²) < 4.78 is 18.9. The van der Waals surface area contributed by atoms with Gasteiger partial charge >= 0.3 is 0 Å². The van der Waals surface area contributed by atoms with E-state index in [1.165, 1.54) is 6.07 Å². The van der Waals surface area contributed by atoms with Gasteiger partial charge in [-0.05, 0) is 25.8 Å². The van der Waals surface area contributed by atoms with Crippen molar-refractivity contribution < 1.29 is 9.13 Å². The molecule has 100 valence electrons. The molecule has 1 aliphatic rings. The van der Waals surface area contributed by atoms with Crippen molar-refractivity contribution in [3.05, 3.63) is 23.0 Å². The van der Waals surface area contributed by atoms with E-state index in [9.17, 15) is 4.39 Å². The lowest BCUT2D eigenvalue weighted by Crippen LogP contribution is -2.40. The van der Waals surface area contributed by atoms with Gasteiger partial charge in [-0.15, -0.1) is 0 Å². The first-order valence-electron chi connectivity index (χ1n) is 6.23. The lowest BCUT2D eigenvalue weighted by Gasteiger charge is -2.34. The highest BCUT2D eigenvalue weighted by molar-refractivity contribution is 6.31. The molecule has 0 radical (unpaired) electrons. The van der Waals surface area contributed by atoms with Gasteiger partial charge in [0, 0.05) is 25.8 Å². The summed E-state index contributed by atoms with van der Waals surface area (Å²) in [5.41, 5.74) is 7.08. The highest BCUT2D eigenvalue weighted by atomic mass is 35.5. The second-order valence-electron chi connectivity index (χ2n) is 4.49. The molecule has 0 spiro atoms. The van der Waals surface area contributed by atoms with Crippen molar-refractivity contribution in [2.75, 3.05) is 30.3 Å².